The van der Waals surface area contributed by atoms with E-state index in [-0.39, 0.29) is 12.0 Å². The van der Waals surface area contributed by atoms with Gasteiger partial charge in [0, 0.05) is 25.0 Å². The topological polar surface area (TPSA) is 65.5 Å². The van der Waals surface area contributed by atoms with Gasteiger partial charge in [0.25, 0.3) is 5.91 Å². The molecule has 1 atom stereocenters. The second-order valence-corrected chi connectivity index (χ2v) is 5.00. The van der Waals surface area contributed by atoms with Gasteiger partial charge in [0.05, 0.1) is 6.10 Å². The number of nitrogens with one attached hydrogen (secondary N) is 1. The summed E-state index contributed by atoms with van der Waals surface area (Å²) in [5.41, 5.74) is 0.472. The van der Waals surface area contributed by atoms with E-state index in [9.17, 15) is 9.90 Å². The summed E-state index contributed by atoms with van der Waals surface area (Å²) in [6.45, 7) is 4.11. The third-order valence-electron chi connectivity index (χ3n) is 2.69. The van der Waals surface area contributed by atoms with E-state index in [4.69, 9.17) is 0 Å². The lowest BCUT2D eigenvalue weighted by Gasteiger charge is -2.12. The summed E-state index contributed by atoms with van der Waals surface area (Å²) in [7, 11) is 0. The lowest BCUT2D eigenvalue weighted by Crippen LogP contribution is -2.25. The Labute approximate surface area is 104 Å². The average molecular weight is 255 g/mol. The molecule has 2 rings (SSSR count). The summed E-state index contributed by atoms with van der Waals surface area (Å²) in [5, 5.41) is 14.8. The van der Waals surface area contributed by atoms with Crippen LogP contribution in [0.1, 0.15) is 30.3 Å². The Morgan fingerprint density at radius 3 is 3.24 bits per heavy atom. The number of β-amino-alcohol motifs (C(OH)–C–C–N with tert-alkyl or cyclic N) is 1. The first-order chi connectivity index (χ1) is 8.20. The van der Waals surface area contributed by atoms with E-state index < -0.39 is 0 Å². The number of aromatic nitrogens is 1. The molecule has 1 aliphatic rings. The van der Waals surface area contributed by atoms with Crippen molar-refractivity contribution in [1.82, 2.24) is 10.3 Å². The molecule has 0 saturated carbocycles. The standard InChI is InChI=1S/C11H17N3O2S/c1-2-4-12-10(16)9-7-17-11(13-9)14-5-3-8(15)6-14/h7-8,15H,2-6H2,1H3,(H,12,16)/t8-/m1/s1. The summed E-state index contributed by atoms with van der Waals surface area (Å²) >= 11 is 1.45. The van der Waals surface area contributed by atoms with Crippen LogP contribution in [0.15, 0.2) is 5.38 Å². The van der Waals surface area contributed by atoms with Crippen molar-refractivity contribution in [1.29, 1.82) is 0 Å². The van der Waals surface area contributed by atoms with Crippen LogP contribution in [-0.2, 0) is 0 Å². The van der Waals surface area contributed by atoms with Crippen molar-refractivity contribution in [2.75, 3.05) is 24.5 Å². The van der Waals surface area contributed by atoms with Crippen LogP contribution in [-0.4, -0.2) is 41.7 Å². The van der Waals surface area contributed by atoms with E-state index in [1.165, 1.54) is 11.3 Å². The van der Waals surface area contributed by atoms with Gasteiger partial charge in [0.15, 0.2) is 5.13 Å². The number of hydrogen-bond donors (Lipinski definition) is 2. The SMILES string of the molecule is CCCNC(=O)c1csc(N2CC[C@@H](O)C2)n1. The van der Waals surface area contributed by atoms with Gasteiger partial charge >= 0.3 is 0 Å². The van der Waals surface area contributed by atoms with Crippen molar-refractivity contribution in [2.24, 2.45) is 0 Å². The van der Waals surface area contributed by atoms with Crippen molar-refractivity contribution < 1.29 is 9.90 Å². The fraction of sp³-hybridized carbons (Fsp3) is 0.636. The van der Waals surface area contributed by atoms with Crippen LogP contribution in [0.4, 0.5) is 5.13 Å². The van der Waals surface area contributed by atoms with Crippen LogP contribution in [0.2, 0.25) is 0 Å². The zero-order chi connectivity index (χ0) is 12.3. The maximum Gasteiger partial charge on any atom is 0.270 e. The number of nitrogens with zero attached hydrogens (tertiary/aromatic N) is 2. The Morgan fingerprint density at radius 2 is 2.59 bits per heavy atom. The number of thiazole rings is 1. The summed E-state index contributed by atoms with van der Waals surface area (Å²) < 4.78 is 0. The molecule has 0 aliphatic carbocycles. The van der Waals surface area contributed by atoms with E-state index in [1.54, 1.807) is 5.38 Å². The number of carbonyl (C=O) groups is 1. The average Bonchev–Trinajstić information content (AvgIpc) is 2.93. The number of amides is 1. The summed E-state index contributed by atoms with van der Waals surface area (Å²) in [6, 6.07) is 0. The molecule has 5 nitrogen and oxygen atoms in total. The molecule has 2 N–H and O–H groups in total. The maximum absolute atomic E-state index is 11.7. The zero-order valence-electron chi connectivity index (χ0n) is 9.85. The highest BCUT2D eigenvalue weighted by Crippen LogP contribution is 2.24. The van der Waals surface area contributed by atoms with Crippen LogP contribution in [0, 0.1) is 0 Å². The molecule has 1 aliphatic heterocycles. The summed E-state index contributed by atoms with van der Waals surface area (Å²) in [5.74, 6) is -0.117. The minimum Gasteiger partial charge on any atom is -0.391 e. The summed E-state index contributed by atoms with van der Waals surface area (Å²) in [4.78, 5) is 18.0. The number of anilines is 1. The molecule has 1 aromatic heterocycles. The fourth-order valence-electron chi connectivity index (χ4n) is 1.76. The minimum atomic E-state index is -0.267. The third-order valence-corrected chi connectivity index (χ3v) is 3.60. The lowest BCUT2D eigenvalue weighted by atomic mass is 10.3. The van der Waals surface area contributed by atoms with Gasteiger partial charge < -0.3 is 15.3 Å². The molecule has 2 heterocycles. The van der Waals surface area contributed by atoms with Gasteiger partial charge in [-0.3, -0.25) is 4.79 Å². The predicted octanol–water partition coefficient (Wildman–Crippen LogP) is 0.854. The first kappa shape index (κ1) is 12.3. The van der Waals surface area contributed by atoms with E-state index in [1.807, 2.05) is 11.8 Å². The number of aliphatic hydroxyl groups excluding tert-OH is 1. The van der Waals surface area contributed by atoms with Crippen molar-refractivity contribution >= 4 is 22.4 Å². The van der Waals surface area contributed by atoms with Gasteiger partial charge in [0.1, 0.15) is 5.69 Å². The molecular weight excluding hydrogens is 238 g/mol. The molecule has 1 amide bonds. The van der Waals surface area contributed by atoms with Crippen molar-refractivity contribution in [3.8, 4) is 0 Å². The third kappa shape index (κ3) is 2.95. The van der Waals surface area contributed by atoms with Crippen molar-refractivity contribution in [3.05, 3.63) is 11.1 Å². The molecule has 0 bridgehead atoms. The van der Waals surface area contributed by atoms with Crippen LogP contribution in [0.3, 0.4) is 0 Å². The smallest absolute Gasteiger partial charge is 0.270 e. The van der Waals surface area contributed by atoms with Crippen LogP contribution < -0.4 is 10.2 Å². The molecule has 1 saturated heterocycles. The first-order valence-corrected chi connectivity index (χ1v) is 6.75. The maximum atomic E-state index is 11.7. The Kier molecular flexibility index (Phi) is 3.96. The normalized spacial score (nSPS) is 19.6. The van der Waals surface area contributed by atoms with E-state index in [2.05, 4.69) is 10.3 Å². The van der Waals surface area contributed by atoms with Crippen LogP contribution >= 0.6 is 11.3 Å². The number of hydrogen-bond acceptors (Lipinski definition) is 5. The van der Waals surface area contributed by atoms with E-state index in [0.29, 0.717) is 18.8 Å². The summed E-state index contributed by atoms with van der Waals surface area (Å²) in [6.07, 6.45) is 1.43. The lowest BCUT2D eigenvalue weighted by molar-refractivity contribution is 0.0949. The molecule has 17 heavy (non-hydrogen) atoms. The second kappa shape index (κ2) is 5.46. The highest BCUT2D eigenvalue weighted by Gasteiger charge is 2.23. The van der Waals surface area contributed by atoms with Crippen molar-refractivity contribution in [3.63, 3.8) is 0 Å². The highest BCUT2D eigenvalue weighted by atomic mass is 32.1. The molecular formula is C11H17N3O2S. The minimum absolute atomic E-state index is 0.117. The van der Waals surface area contributed by atoms with E-state index in [0.717, 1.165) is 24.5 Å². The molecule has 0 aromatic carbocycles. The second-order valence-electron chi connectivity index (χ2n) is 4.16. The van der Waals surface area contributed by atoms with Gasteiger partial charge in [0.2, 0.25) is 0 Å². The fourth-order valence-corrected chi connectivity index (χ4v) is 2.60. The molecule has 94 valence electrons. The zero-order valence-corrected chi connectivity index (χ0v) is 10.7. The molecule has 0 unspecified atom stereocenters. The van der Waals surface area contributed by atoms with Gasteiger partial charge in [-0.2, -0.15) is 0 Å². The molecule has 6 heteroatoms. The number of rotatable bonds is 4. The Hall–Kier alpha value is -1.14. The van der Waals surface area contributed by atoms with Gasteiger partial charge in [-0.15, -0.1) is 11.3 Å². The van der Waals surface area contributed by atoms with Crippen LogP contribution in [0.5, 0.6) is 0 Å². The monoisotopic (exact) mass is 255 g/mol. The molecule has 0 radical (unpaired) electrons. The molecule has 0 spiro atoms. The molecule has 1 aromatic rings. The molecule has 1 fully saturated rings. The first-order valence-electron chi connectivity index (χ1n) is 5.87. The van der Waals surface area contributed by atoms with Crippen LogP contribution in [0.25, 0.3) is 0 Å². The quantitative estimate of drug-likeness (QED) is 0.837. The number of aliphatic hydroxyl groups is 1. The van der Waals surface area contributed by atoms with Gasteiger partial charge in [-0.05, 0) is 12.8 Å². The Morgan fingerprint density at radius 1 is 1.76 bits per heavy atom. The largest absolute Gasteiger partial charge is 0.391 e. The van der Waals surface area contributed by atoms with Gasteiger partial charge in [-0.1, -0.05) is 6.92 Å². The van der Waals surface area contributed by atoms with Gasteiger partial charge in [-0.25, -0.2) is 4.98 Å². The number of carbonyl (C=O) groups excluding carboxylic acids is 1. The predicted molar refractivity (Wildman–Crippen MR) is 67.6 cm³/mol. The Balaban J connectivity index is 1.98. The Bertz CT molecular complexity index is 394. The highest BCUT2D eigenvalue weighted by molar-refractivity contribution is 7.13. The van der Waals surface area contributed by atoms with Crippen molar-refractivity contribution in [2.45, 2.75) is 25.9 Å². The van der Waals surface area contributed by atoms with E-state index >= 15 is 0 Å².